The van der Waals surface area contributed by atoms with Gasteiger partial charge in [-0.2, -0.15) is 0 Å². The summed E-state index contributed by atoms with van der Waals surface area (Å²) in [5.74, 6) is -1.67. The minimum atomic E-state index is -0.657. The van der Waals surface area contributed by atoms with Crippen molar-refractivity contribution in [3.05, 3.63) is 35.9 Å². The largest absolute Gasteiger partial charge is 0.508 e. The number of phenolic OH excluding ortho intramolecular Hbond substituents is 4. The van der Waals surface area contributed by atoms with Crippen LogP contribution in [0.2, 0.25) is 0 Å². The molecule has 0 fully saturated rings. The quantitative estimate of drug-likeness (QED) is 0.375. The van der Waals surface area contributed by atoms with Gasteiger partial charge in [-0.15, -0.1) is 0 Å². The average Bonchev–Trinajstić information content (AvgIpc) is 2.39. The minimum Gasteiger partial charge on any atom is -0.508 e. The van der Waals surface area contributed by atoms with Crippen molar-refractivity contribution in [2.75, 3.05) is 10.6 Å². The molecule has 2 amide bonds. The van der Waals surface area contributed by atoms with Gasteiger partial charge in [0.15, 0.2) is 17.2 Å². The Morgan fingerprint density at radius 3 is 2.14 bits per heavy atom. The van der Waals surface area contributed by atoms with Crippen LogP contribution in [0.3, 0.4) is 0 Å². The lowest BCUT2D eigenvalue weighted by Gasteiger charge is -2.11. The van der Waals surface area contributed by atoms with E-state index in [4.69, 9.17) is 0 Å². The molecule has 0 atom stereocenters. The summed E-state index contributed by atoms with van der Waals surface area (Å²) in [5.41, 5.74) is 1.27. The molecule has 0 radical (unpaired) electrons. The molecule has 0 spiro atoms. The minimum absolute atomic E-state index is 0.0897. The summed E-state index contributed by atoms with van der Waals surface area (Å²) in [6, 6.07) is 6.05. The van der Waals surface area contributed by atoms with E-state index in [1.54, 1.807) is 6.92 Å². The molecule has 7 heteroatoms. The number of nitrogens with one attached hydrogen (secondary N) is 2. The van der Waals surface area contributed by atoms with Gasteiger partial charge in [0.05, 0.1) is 5.69 Å². The van der Waals surface area contributed by atoms with E-state index in [0.29, 0.717) is 11.3 Å². The first-order valence-electron chi connectivity index (χ1n) is 5.99. The molecule has 2 rings (SSSR count). The normalized spacial score (nSPS) is 10.1. The SMILES string of the molecule is Cc1cc(O)ccc1NC(=O)Nc1cc(O)c(O)c(O)c1. The number of hydrogen-bond donors (Lipinski definition) is 6. The number of urea groups is 1. The molecule has 0 aliphatic rings. The van der Waals surface area contributed by atoms with Crippen LogP contribution >= 0.6 is 0 Å². The Kier molecular flexibility index (Phi) is 3.75. The molecular weight excluding hydrogens is 276 g/mol. The van der Waals surface area contributed by atoms with E-state index >= 15 is 0 Å². The van der Waals surface area contributed by atoms with Gasteiger partial charge in [0.25, 0.3) is 0 Å². The zero-order valence-corrected chi connectivity index (χ0v) is 11.1. The second-order valence-electron chi connectivity index (χ2n) is 4.44. The van der Waals surface area contributed by atoms with E-state index in [-0.39, 0.29) is 11.4 Å². The summed E-state index contributed by atoms with van der Waals surface area (Å²) in [6.07, 6.45) is 0. The molecule has 6 N–H and O–H groups in total. The molecule has 0 unspecified atom stereocenters. The van der Waals surface area contributed by atoms with Gasteiger partial charge in [-0.3, -0.25) is 0 Å². The second kappa shape index (κ2) is 5.49. The van der Waals surface area contributed by atoms with Crippen molar-refractivity contribution in [2.45, 2.75) is 6.92 Å². The van der Waals surface area contributed by atoms with Crippen LogP contribution < -0.4 is 10.6 Å². The number of aryl methyl sites for hydroxylation is 1. The van der Waals surface area contributed by atoms with Gasteiger partial charge in [-0.1, -0.05) is 0 Å². The van der Waals surface area contributed by atoms with Crippen LogP contribution in [0.15, 0.2) is 30.3 Å². The number of aromatic hydroxyl groups is 4. The second-order valence-corrected chi connectivity index (χ2v) is 4.44. The van der Waals surface area contributed by atoms with Gasteiger partial charge in [-0.25, -0.2) is 4.79 Å². The Morgan fingerprint density at radius 2 is 1.57 bits per heavy atom. The maximum atomic E-state index is 11.8. The number of hydrogen-bond acceptors (Lipinski definition) is 5. The predicted octanol–water partition coefficient (Wildman–Crippen LogP) is 2.46. The molecule has 21 heavy (non-hydrogen) atoms. The van der Waals surface area contributed by atoms with Crippen molar-refractivity contribution >= 4 is 17.4 Å². The smallest absolute Gasteiger partial charge is 0.323 e. The van der Waals surface area contributed by atoms with Crippen LogP contribution in [-0.4, -0.2) is 26.5 Å². The van der Waals surface area contributed by atoms with Crippen LogP contribution in [0.25, 0.3) is 0 Å². The molecule has 0 aromatic heterocycles. The predicted molar refractivity (Wildman–Crippen MR) is 76.9 cm³/mol. The fraction of sp³-hybridized carbons (Fsp3) is 0.0714. The third-order valence-corrected chi connectivity index (χ3v) is 2.79. The zero-order chi connectivity index (χ0) is 15.6. The number of amides is 2. The first kappa shape index (κ1) is 14.3. The summed E-state index contributed by atoms with van der Waals surface area (Å²) >= 11 is 0. The summed E-state index contributed by atoms with van der Waals surface area (Å²) < 4.78 is 0. The summed E-state index contributed by atoms with van der Waals surface area (Å²) in [6.45, 7) is 1.72. The lowest BCUT2D eigenvalue weighted by atomic mass is 10.2. The summed E-state index contributed by atoms with van der Waals surface area (Å²) in [5, 5.41) is 42.1. The van der Waals surface area contributed by atoms with Crippen molar-refractivity contribution in [2.24, 2.45) is 0 Å². The Labute approximate surface area is 120 Å². The fourth-order valence-corrected chi connectivity index (χ4v) is 1.75. The fourth-order valence-electron chi connectivity index (χ4n) is 1.75. The maximum Gasteiger partial charge on any atom is 0.323 e. The Balaban J connectivity index is 2.12. The highest BCUT2D eigenvalue weighted by molar-refractivity contribution is 6.00. The summed E-state index contributed by atoms with van der Waals surface area (Å²) in [4.78, 5) is 11.8. The van der Waals surface area contributed by atoms with Crippen molar-refractivity contribution in [3.8, 4) is 23.0 Å². The molecule has 2 aromatic carbocycles. The van der Waals surface area contributed by atoms with Crippen molar-refractivity contribution in [1.82, 2.24) is 0 Å². The lowest BCUT2D eigenvalue weighted by Crippen LogP contribution is -2.19. The van der Waals surface area contributed by atoms with E-state index < -0.39 is 23.3 Å². The molecule has 0 heterocycles. The van der Waals surface area contributed by atoms with Crippen LogP contribution in [-0.2, 0) is 0 Å². The topological polar surface area (TPSA) is 122 Å². The van der Waals surface area contributed by atoms with Crippen LogP contribution in [0, 0.1) is 6.92 Å². The van der Waals surface area contributed by atoms with Gasteiger partial charge in [0.1, 0.15) is 5.75 Å². The van der Waals surface area contributed by atoms with Gasteiger partial charge >= 0.3 is 6.03 Å². The lowest BCUT2D eigenvalue weighted by molar-refractivity contribution is 0.262. The van der Waals surface area contributed by atoms with E-state index in [1.807, 2.05) is 0 Å². The molecule has 0 aliphatic carbocycles. The Bertz CT molecular complexity index is 677. The molecule has 0 bridgehead atoms. The standard InChI is InChI=1S/C14H14N2O5/c1-7-4-9(17)2-3-10(7)16-14(21)15-8-5-11(18)13(20)12(19)6-8/h2-6,17-20H,1H3,(H2,15,16,21). The van der Waals surface area contributed by atoms with Gasteiger partial charge in [0.2, 0.25) is 0 Å². The van der Waals surface area contributed by atoms with Crippen LogP contribution in [0.4, 0.5) is 16.2 Å². The highest BCUT2D eigenvalue weighted by atomic mass is 16.3. The Hall–Kier alpha value is -3.09. The first-order valence-corrected chi connectivity index (χ1v) is 5.99. The number of phenols is 4. The monoisotopic (exact) mass is 290 g/mol. The van der Waals surface area contributed by atoms with Crippen molar-refractivity contribution < 1.29 is 25.2 Å². The van der Waals surface area contributed by atoms with Crippen LogP contribution in [0.1, 0.15) is 5.56 Å². The van der Waals surface area contributed by atoms with E-state index in [2.05, 4.69) is 10.6 Å². The Morgan fingerprint density at radius 1 is 0.952 bits per heavy atom. The number of anilines is 2. The van der Waals surface area contributed by atoms with E-state index in [1.165, 1.54) is 18.2 Å². The van der Waals surface area contributed by atoms with Crippen LogP contribution in [0.5, 0.6) is 23.0 Å². The molecule has 0 aliphatic heterocycles. The van der Waals surface area contributed by atoms with Crippen molar-refractivity contribution in [3.63, 3.8) is 0 Å². The first-order chi connectivity index (χ1) is 9.86. The highest BCUT2D eigenvalue weighted by Gasteiger charge is 2.11. The van der Waals surface area contributed by atoms with Gasteiger partial charge in [0, 0.05) is 17.8 Å². The number of carbonyl (C=O) groups is 1. The van der Waals surface area contributed by atoms with E-state index in [9.17, 15) is 25.2 Å². The summed E-state index contributed by atoms with van der Waals surface area (Å²) in [7, 11) is 0. The number of carbonyl (C=O) groups excluding carboxylic acids is 1. The number of benzene rings is 2. The molecule has 0 saturated carbocycles. The van der Waals surface area contributed by atoms with Gasteiger partial charge < -0.3 is 31.1 Å². The molecule has 110 valence electrons. The molecular formula is C14H14N2O5. The molecule has 7 nitrogen and oxygen atoms in total. The maximum absolute atomic E-state index is 11.8. The zero-order valence-electron chi connectivity index (χ0n) is 11.1. The third kappa shape index (κ3) is 3.27. The third-order valence-electron chi connectivity index (χ3n) is 2.79. The molecule has 0 saturated heterocycles. The average molecular weight is 290 g/mol. The highest BCUT2D eigenvalue weighted by Crippen LogP contribution is 2.37. The number of rotatable bonds is 2. The van der Waals surface area contributed by atoms with Crippen molar-refractivity contribution in [1.29, 1.82) is 0 Å². The van der Waals surface area contributed by atoms with E-state index in [0.717, 1.165) is 12.1 Å². The molecule has 2 aromatic rings. The van der Waals surface area contributed by atoms with Gasteiger partial charge in [-0.05, 0) is 30.7 Å².